The largest absolute Gasteiger partial charge is 0.356 e. The van der Waals surface area contributed by atoms with Gasteiger partial charge in [-0.1, -0.05) is 6.92 Å². The van der Waals surface area contributed by atoms with Crippen molar-refractivity contribution < 1.29 is 0 Å². The van der Waals surface area contributed by atoms with Crippen LogP contribution in [-0.4, -0.2) is 45.8 Å². The van der Waals surface area contributed by atoms with Crippen LogP contribution in [-0.2, 0) is 12.8 Å². The molecule has 6 heteroatoms. The predicted molar refractivity (Wildman–Crippen MR) is 106 cm³/mol. The molecule has 0 amide bonds. The van der Waals surface area contributed by atoms with Crippen molar-refractivity contribution in [2.75, 3.05) is 24.5 Å². The van der Waals surface area contributed by atoms with Crippen molar-refractivity contribution in [3.8, 4) is 0 Å². The maximum atomic E-state index is 4.64. The molecule has 0 aliphatic carbocycles. The van der Waals surface area contributed by atoms with E-state index in [9.17, 15) is 0 Å². The van der Waals surface area contributed by atoms with E-state index in [1.54, 1.807) is 0 Å². The SMILES string of the molecule is CCc1cc(N2CCC(NCCCc3c(C)n[nH]c3C)CC2)nc(C)n1. The number of H-pyrrole nitrogens is 1. The third-order valence-electron chi connectivity index (χ3n) is 5.38. The molecule has 0 radical (unpaired) electrons. The second kappa shape index (κ2) is 8.62. The first kappa shape index (κ1) is 18.8. The van der Waals surface area contributed by atoms with Gasteiger partial charge in [0, 0.05) is 36.6 Å². The highest BCUT2D eigenvalue weighted by Crippen LogP contribution is 2.19. The zero-order valence-corrected chi connectivity index (χ0v) is 16.6. The third kappa shape index (κ3) is 4.61. The molecule has 0 bridgehead atoms. The second-order valence-electron chi connectivity index (χ2n) is 7.35. The van der Waals surface area contributed by atoms with Gasteiger partial charge in [-0.2, -0.15) is 5.10 Å². The minimum Gasteiger partial charge on any atom is -0.356 e. The molecule has 0 unspecified atom stereocenters. The predicted octanol–water partition coefficient (Wildman–Crippen LogP) is 2.88. The van der Waals surface area contributed by atoms with Gasteiger partial charge in [-0.15, -0.1) is 0 Å². The van der Waals surface area contributed by atoms with Crippen LogP contribution in [0, 0.1) is 20.8 Å². The first-order valence-corrected chi connectivity index (χ1v) is 9.90. The molecule has 0 aromatic carbocycles. The van der Waals surface area contributed by atoms with Crippen LogP contribution >= 0.6 is 0 Å². The van der Waals surface area contributed by atoms with Crippen molar-refractivity contribution in [3.05, 3.63) is 34.5 Å². The molecule has 3 rings (SSSR count). The maximum absolute atomic E-state index is 4.64. The van der Waals surface area contributed by atoms with E-state index in [0.717, 1.165) is 61.9 Å². The van der Waals surface area contributed by atoms with Crippen molar-refractivity contribution in [1.29, 1.82) is 0 Å². The molecule has 1 saturated heterocycles. The van der Waals surface area contributed by atoms with Crippen molar-refractivity contribution in [1.82, 2.24) is 25.5 Å². The number of hydrogen-bond acceptors (Lipinski definition) is 5. The van der Waals surface area contributed by atoms with Crippen molar-refractivity contribution >= 4 is 5.82 Å². The number of piperidine rings is 1. The Morgan fingerprint density at radius 2 is 1.96 bits per heavy atom. The fourth-order valence-electron chi connectivity index (χ4n) is 3.78. The molecule has 3 heterocycles. The molecular formula is C20H32N6. The second-order valence-corrected chi connectivity index (χ2v) is 7.35. The van der Waals surface area contributed by atoms with E-state index in [1.807, 2.05) is 6.92 Å². The van der Waals surface area contributed by atoms with Crippen molar-refractivity contribution in [2.45, 2.75) is 65.8 Å². The number of anilines is 1. The van der Waals surface area contributed by atoms with Gasteiger partial charge >= 0.3 is 0 Å². The molecule has 26 heavy (non-hydrogen) atoms. The fraction of sp³-hybridized carbons (Fsp3) is 0.650. The van der Waals surface area contributed by atoms with E-state index in [0.29, 0.717) is 6.04 Å². The number of aromatic amines is 1. The molecule has 142 valence electrons. The molecule has 0 spiro atoms. The maximum Gasteiger partial charge on any atom is 0.132 e. The highest BCUT2D eigenvalue weighted by atomic mass is 15.2. The van der Waals surface area contributed by atoms with E-state index in [-0.39, 0.29) is 0 Å². The van der Waals surface area contributed by atoms with E-state index in [1.165, 1.54) is 24.1 Å². The Bertz CT molecular complexity index is 696. The van der Waals surface area contributed by atoms with E-state index in [2.05, 4.69) is 57.2 Å². The van der Waals surface area contributed by atoms with Crippen molar-refractivity contribution in [3.63, 3.8) is 0 Å². The third-order valence-corrected chi connectivity index (χ3v) is 5.38. The minimum atomic E-state index is 0.617. The van der Waals surface area contributed by atoms with Crippen LogP contribution in [0.5, 0.6) is 0 Å². The minimum absolute atomic E-state index is 0.617. The van der Waals surface area contributed by atoms with Gasteiger partial charge in [0.15, 0.2) is 0 Å². The van der Waals surface area contributed by atoms with Gasteiger partial charge in [-0.3, -0.25) is 5.10 Å². The van der Waals surface area contributed by atoms with Gasteiger partial charge in [0.2, 0.25) is 0 Å². The molecule has 2 N–H and O–H groups in total. The zero-order chi connectivity index (χ0) is 18.5. The molecular weight excluding hydrogens is 324 g/mol. The number of hydrogen-bond donors (Lipinski definition) is 2. The van der Waals surface area contributed by atoms with E-state index < -0.39 is 0 Å². The van der Waals surface area contributed by atoms with Gasteiger partial charge in [-0.05, 0) is 65.0 Å². The van der Waals surface area contributed by atoms with Crippen LogP contribution in [0.25, 0.3) is 0 Å². The zero-order valence-electron chi connectivity index (χ0n) is 16.6. The molecule has 6 nitrogen and oxygen atoms in total. The summed E-state index contributed by atoms with van der Waals surface area (Å²) in [6.45, 7) is 11.5. The molecule has 0 atom stereocenters. The monoisotopic (exact) mass is 356 g/mol. The summed E-state index contributed by atoms with van der Waals surface area (Å²) in [7, 11) is 0. The van der Waals surface area contributed by atoms with Gasteiger partial charge in [-0.25, -0.2) is 9.97 Å². The lowest BCUT2D eigenvalue weighted by Crippen LogP contribution is -2.43. The van der Waals surface area contributed by atoms with Gasteiger partial charge in [0.05, 0.1) is 5.69 Å². The number of aryl methyl sites for hydroxylation is 4. The normalized spacial score (nSPS) is 15.6. The summed E-state index contributed by atoms with van der Waals surface area (Å²) in [6, 6.07) is 2.77. The molecule has 1 aliphatic heterocycles. The summed E-state index contributed by atoms with van der Waals surface area (Å²) in [5, 5.41) is 11.1. The van der Waals surface area contributed by atoms with Gasteiger partial charge in [0.25, 0.3) is 0 Å². The summed E-state index contributed by atoms with van der Waals surface area (Å²) in [5.41, 5.74) is 4.87. The van der Waals surface area contributed by atoms with Crippen LogP contribution < -0.4 is 10.2 Å². The highest BCUT2D eigenvalue weighted by Gasteiger charge is 2.20. The summed E-state index contributed by atoms with van der Waals surface area (Å²) < 4.78 is 0. The van der Waals surface area contributed by atoms with E-state index in [4.69, 9.17) is 0 Å². The number of rotatable bonds is 7. The Labute approximate surface area is 156 Å². The van der Waals surface area contributed by atoms with Gasteiger partial charge in [0.1, 0.15) is 11.6 Å². The lowest BCUT2D eigenvalue weighted by atomic mass is 10.0. The molecule has 2 aromatic heterocycles. The number of aromatic nitrogens is 4. The highest BCUT2D eigenvalue weighted by molar-refractivity contribution is 5.40. The molecule has 1 fully saturated rings. The lowest BCUT2D eigenvalue weighted by Gasteiger charge is -2.33. The topological polar surface area (TPSA) is 69.7 Å². The molecule has 1 aliphatic rings. The first-order chi connectivity index (χ1) is 12.6. The Balaban J connectivity index is 1.42. The average Bonchev–Trinajstić information content (AvgIpc) is 2.97. The Morgan fingerprint density at radius 3 is 2.62 bits per heavy atom. The number of nitrogens with zero attached hydrogens (tertiary/aromatic N) is 4. The summed E-state index contributed by atoms with van der Waals surface area (Å²) >= 11 is 0. The first-order valence-electron chi connectivity index (χ1n) is 9.90. The van der Waals surface area contributed by atoms with Crippen LogP contribution in [0.4, 0.5) is 5.82 Å². The smallest absolute Gasteiger partial charge is 0.132 e. The molecule has 2 aromatic rings. The summed E-state index contributed by atoms with van der Waals surface area (Å²) in [4.78, 5) is 11.5. The lowest BCUT2D eigenvalue weighted by molar-refractivity contribution is 0.411. The van der Waals surface area contributed by atoms with Gasteiger partial charge < -0.3 is 10.2 Å². The Hall–Kier alpha value is -1.95. The number of nitrogens with one attached hydrogen (secondary N) is 2. The standard InChI is InChI=1S/C20H32N6/c1-5-17-13-20(23-16(4)22-17)26-11-8-18(9-12-26)21-10-6-7-19-14(2)24-25-15(19)3/h13,18,21H,5-12H2,1-4H3,(H,24,25). The van der Waals surface area contributed by atoms with Crippen LogP contribution in [0.2, 0.25) is 0 Å². The molecule has 0 saturated carbocycles. The summed E-state index contributed by atoms with van der Waals surface area (Å²) in [6.07, 6.45) is 5.57. The van der Waals surface area contributed by atoms with Crippen molar-refractivity contribution in [2.24, 2.45) is 0 Å². The Kier molecular flexibility index (Phi) is 6.25. The fourth-order valence-corrected chi connectivity index (χ4v) is 3.78. The summed E-state index contributed by atoms with van der Waals surface area (Å²) in [5.74, 6) is 1.98. The quantitative estimate of drug-likeness (QED) is 0.747. The Morgan fingerprint density at radius 1 is 1.19 bits per heavy atom. The van der Waals surface area contributed by atoms with Crippen LogP contribution in [0.1, 0.15) is 54.7 Å². The average molecular weight is 357 g/mol. The van der Waals surface area contributed by atoms with Crippen LogP contribution in [0.3, 0.4) is 0 Å². The van der Waals surface area contributed by atoms with Crippen LogP contribution in [0.15, 0.2) is 6.07 Å². The van der Waals surface area contributed by atoms with E-state index >= 15 is 0 Å².